The Balaban J connectivity index is 3.12. The molecule has 0 aromatic heterocycles. The van der Waals surface area contributed by atoms with E-state index in [9.17, 15) is 4.79 Å². The van der Waals surface area contributed by atoms with Crippen LogP contribution in [0.5, 0.6) is 0 Å². The fourth-order valence-corrected chi connectivity index (χ4v) is 1.44. The first kappa shape index (κ1) is 9.06. The minimum Gasteiger partial charge on any atom is -0.388 e. The Labute approximate surface area is 79.1 Å². The van der Waals surface area contributed by atoms with Gasteiger partial charge in [0.05, 0.1) is 5.56 Å². The third-order valence-corrected chi connectivity index (χ3v) is 2.18. The van der Waals surface area contributed by atoms with E-state index in [4.69, 9.17) is 5.73 Å². The molecule has 4 heteroatoms. The average Bonchev–Trinajstić information content (AvgIpc) is 2.03. The molecule has 0 radical (unpaired) electrons. The van der Waals surface area contributed by atoms with Crippen molar-refractivity contribution in [2.45, 2.75) is 0 Å². The summed E-state index contributed by atoms with van der Waals surface area (Å²) in [5.41, 5.74) is 6.55. The summed E-state index contributed by atoms with van der Waals surface area (Å²) in [6.07, 6.45) is 0. The molecule has 0 bridgehead atoms. The maximum absolute atomic E-state index is 10.8. The van der Waals surface area contributed by atoms with Gasteiger partial charge >= 0.3 is 0 Å². The van der Waals surface area contributed by atoms with E-state index in [0.29, 0.717) is 10.0 Å². The first-order valence-corrected chi connectivity index (χ1v) is 4.21. The monoisotopic (exact) mass is 228 g/mol. The van der Waals surface area contributed by atoms with Crippen LogP contribution in [0.15, 0.2) is 22.7 Å². The first-order valence-electron chi connectivity index (χ1n) is 3.42. The van der Waals surface area contributed by atoms with E-state index in [1.165, 1.54) is 0 Å². The van der Waals surface area contributed by atoms with Crippen molar-refractivity contribution in [1.82, 2.24) is 0 Å². The number of hydrogen-bond acceptors (Lipinski definition) is 2. The summed E-state index contributed by atoms with van der Waals surface area (Å²) in [5, 5.41) is 2.95. The SMILES string of the molecule is CNc1ccc(C(N)=O)c(Br)c1. The molecule has 3 nitrogen and oxygen atoms in total. The maximum atomic E-state index is 10.8. The van der Waals surface area contributed by atoms with Crippen LogP contribution in [0.4, 0.5) is 5.69 Å². The van der Waals surface area contributed by atoms with Crippen molar-refractivity contribution in [1.29, 1.82) is 0 Å². The molecule has 0 saturated carbocycles. The quantitative estimate of drug-likeness (QED) is 0.808. The summed E-state index contributed by atoms with van der Waals surface area (Å²) in [5.74, 6) is -0.426. The van der Waals surface area contributed by atoms with Crippen LogP contribution in [0.2, 0.25) is 0 Å². The van der Waals surface area contributed by atoms with Crippen molar-refractivity contribution in [2.24, 2.45) is 5.73 Å². The van der Waals surface area contributed by atoms with Crippen LogP contribution < -0.4 is 11.1 Å². The van der Waals surface area contributed by atoms with Crippen molar-refractivity contribution in [3.05, 3.63) is 28.2 Å². The Morgan fingerprint density at radius 2 is 2.25 bits per heavy atom. The molecule has 12 heavy (non-hydrogen) atoms. The molecule has 0 saturated heterocycles. The van der Waals surface area contributed by atoms with Gasteiger partial charge in [-0.15, -0.1) is 0 Å². The number of amides is 1. The highest BCUT2D eigenvalue weighted by molar-refractivity contribution is 9.10. The lowest BCUT2D eigenvalue weighted by Gasteiger charge is -2.03. The summed E-state index contributed by atoms with van der Waals surface area (Å²) < 4.78 is 0.710. The Kier molecular flexibility index (Phi) is 2.70. The highest BCUT2D eigenvalue weighted by atomic mass is 79.9. The molecule has 0 unspecified atom stereocenters. The lowest BCUT2D eigenvalue weighted by atomic mass is 10.2. The average molecular weight is 229 g/mol. The fourth-order valence-electron chi connectivity index (χ4n) is 0.870. The summed E-state index contributed by atoms with van der Waals surface area (Å²) in [6, 6.07) is 5.28. The number of halogens is 1. The predicted molar refractivity (Wildman–Crippen MR) is 52.2 cm³/mol. The molecule has 0 atom stereocenters. The number of anilines is 1. The number of primary amides is 1. The standard InChI is InChI=1S/C8H9BrN2O/c1-11-5-2-3-6(8(10)12)7(9)4-5/h2-4,11H,1H3,(H2,10,12). The normalized spacial score (nSPS) is 9.50. The summed E-state index contributed by atoms with van der Waals surface area (Å²) in [6.45, 7) is 0. The van der Waals surface area contributed by atoms with Crippen LogP contribution in [0, 0.1) is 0 Å². The van der Waals surface area contributed by atoms with E-state index in [1.54, 1.807) is 18.2 Å². The number of carbonyl (C=O) groups excluding carboxylic acids is 1. The van der Waals surface area contributed by atoms with E-state index >= 15 is 0 Å². The van der Waals surface area contributed by atoms with Crippen molar-refractivity contribution >= 4 is 27.5 Å². The topological polar surface area (TPSA) is 55.1 Å². The van der Waals surface area contributed by atoms with Crippen molar-refractivity contribution in [3.63, 3.8) is 0 Å². The van der Waals surface area contributed by atoms with E-state index in [-0.39, 0.29) is 0 Å². The molecule has 0 aliphatic rings. The van der Waals surface area contributed by atoms with Crippen molar-refractivity contribution in [3.8, 4) is 0 Å². The molecule has 1 aromatic rings. The summed E-state index contributed by atoms with van der Waals surface area (Å²) in [7, 11) is 1.81. The van der Waals surface area contributed by atoms with Gasteiger partial charge in [0.15, 0.2) is 0 Å². The molecule has 0 aliphatic heterocycles. The lowest BCUT2D eigenvalue weighted by Crippen LogP contribution is -2.11. The third-order valence-electron chi connectivity index (χ3n) is 1.52. The van der Waals surface area contributed by atoms with Gasteiger partial charge in [0.2, 0.25) is 5.91 Å². The van der Waals surface area contributed by atoms with E-state index in [2.05, 4.69) is 21.2 Å². The highest BCUT2D eigenvalue weighted by Gasteiger charge is 2.05. The molecular weight excluding hydrogens is 220 g/mol. The van der Waals surface area contributed by atoms with Gasteiger partial charge in [-0.3, -0.25) is 4.79 Å². The van der Waals surface area contributed by atoms with Gasteiger partial charge in [-0.2, -0.15) is 0 Å². The Morgan fingerprint density at radius 3 is 2.67 bits per heavy atom. The minimum absolute atomic E-state index is 0.426. The molecule has 0 heterocycles. The number of rotatable bonds is 2. The Hall–Kier alpha value is -1.03. The third kappa shape index (κ3) is 1.76. The second-order valence-electron chi connectivity index (χ2n) is 2.31. The van der Waals surface area contributed by atoms with Crippen LogP contribution in [-0.4, -0.2) is 13.0 Å². The second kappa shape index (κ2) is 3.58. The van der Waals surface area contributed by atoms with Crippen LogP contribution in [0.3, 0.4) is 0 Å². The molecule has 3 N–H and O–H groups in total. The number of hydrogen-bond donors (Lipinski definition) is 2. The Morgan fingerprint density at radius 1 is 1.58 bits per heavy atom. The molecule has 1 rings (SSSR count). The van der Waals surface area contributed by atoms with E-state index in [0.717, 1.165) is 5.69 Å². The van der Waals surface area contributed by atoms with E-state index in [1.807, 2.05) is 7.05 Å². The van der Waals surface area contributed by atoms with Crippen LogP contribution >= 0.6 is 15.9 Å². The molecular formula is C8H9BrN2O. The largest absolute Gasteiger partial charge is 0.388 e. The van der Waals surface area contributed by atoms with Gasteiger partial charge in [-0.1, -0.05) is 0 Å². The minimum atomic E-state index is -0.426. The van der Waals surface area contributed by atoms with E-state index < -0.39 is 5.91 Å². The molecule has 0 fully saturated rings. The van der Waals surface area contributed by atoms with Crippen LogP contribution in [-0.2, 0) is 0 Å². The zero-order valence-electron chi connectivity index (χ0n) is 6.60. The molecule has 64 valence electrons. The first-order chi connectivity index (χ1) is 5.65. The van der Waals surface area contributed by atoms with Gasteiger partial charge in [0, 0.05) is 17.2 Å². The van der Waals surface area contributed by atoms with Crippen LogP contribution in [0.25, 0.3) is 0 Å². The summed E-state index contributed by atoms with van der Waals surface area (Å²) >= 11 is 3.25. The van der Waals surface area contributed by atoms with Crippen molar-refractivity contribution in [2.75, 3.05) is 12.4 Å². The zero-order chi connectivity index (χ0) is 9.14. The number of nitrogens with one attached hydrogen (secondary N) is 1. The van der Waals surface area contributed by atoms with Gasteiger partial charge in [-0.25, -0.2) is 0 Å². The number of nitrogens with two attached hydrogens (primary N) is 1. The van der Waals surface area contributed by atoms with Crippen LogP contribution in [0.1, 0.15) is 10.4 Å². The smallest absolute Gasteiger partial charge is 0.249 e. The molecule has 1 aromatic carbocycles. The Bertz CT molecular complexity index is 312. The maximum Gasteiger partial charge on any atom is 0.249 e. The van der Waals surface area contributed by atoms with Gasteiger partial charge in [0.1, 0.15) is 0 Å². The second-order valence-corrected chi connectivity index (χ2v) is 3.16. The number of carbonyl (C=O) groups is 1. The van der Waals surface area contributed by atoms with Gasteiger partial charge in [0.25, 0.3) is 0 Å². The van der Waals surface area contributed by atoms with Gasteiger partial charge < -0.3 is 11.1 Å². The lowest BCUT2D eigenvalue weighted by molar-refractivity contribution is 0.0999. The molecule has 1 amide bonds. The molecule has 0 spiro atoms. The number of benzene rings is 1. The molecule has 0 aliphatic carbocycles. The van der Waals surface area contributed by atoms with Crippen molar-refractivity contribution < 1.29 is 4.79 Å². The fraction of sp³-hybridized carbons (Fsp3) is 0.125. The van der Waals surface area contributed by atoms with Gasteiger partial charge in [-0.05, 0) is 34.1 Å². The summed E-state index contributed by atoms with van der Waals surface area (Å²) in [4.78, 5) is 10.8. The zero-order valence-corrected chi connectivity index (χ0v) is 8.18. The predicted octanol–water partition coefficient (Wildman–Crippen LogP) is 1.59. The highest BCUT2D eigenvalue weighted by Crippen LogP contribution is 2.20.